The second-order valence-electron chi connectivity index (χ2n) is 5.42. The third kappa shape index (κ3) is 3.96. The van der Waals surface area contributed by atoms with Crippen LogP contribution in [0.5, 0.6) is 17.2 Å². The van der Waals surface area contributed by atoms with Gasteiger partial charge in [0.25, 0.3) is 0 Å². The zero-order chi connectivity index (χ0) is 14.7. The molecule has 0 aromatic heterocycles. The summed E-state index contributed by atoms with van der Waals surface area (Å²) in [4.78, 5) is 11.9. The zero-order valence-electron chi connectivity index (χ0n) is 12.2. The quantitative estimate of drug-likeness (QED) is 0.800. The number of nitrogens with one attached hydrogen (secondary N) is 1. The van der Waals surface area contributed by atoms with Crippen LogP contribution in [0, 0.1) is 5.92 Å². The minimum atomic E-state index is 0. The van der Waals surface area contributed by atoms with Gasteiger partial charge in [-0.15, -0.1) is 12.4 Å². The summed E-state index contributed by atoms with van der Waals surface area (Å²) in [7, 11) is 0. The summed E-state index contributed by atoms with van der Waals surface area (Å²) < 4.78 is 16.1. The Hall–Kier alpha value is -1.66. The van der Waals surface area contributed by atoms with Crippen LogP contribution in [0.15, 0.2) is 18.2 Å². The molecule has 1 aromatic carbocycles. The topological polar surface area (TPSA) is 82.8 Å². The maximum absolute atomic E-state index is 11.9. The molecule has 2 atom stereocenters. The molecular weight excluding hydrogens is 308 g/mol. The average Bonchev–Trinajstić information content (AvgIpc) is 3.11. The summed E-state index contributed by atoms with van der Waals surface area (Å²) in [6.07, 6.45) is 2.61. The van der Waals surface area contributed by atoms with Crippen LogP contribution < -0.4 is 25.3 Å². The van der Waals surface area contributed by atoms with Crippen molar-refractivity contribution in [1.82, 2.24) is 5.32 Å². The molecule has 1 saturated carbocycles. The molecule has 2 unspecified atom stereocenters. The van der Waals surface area contributed by atoms with Crippen molar-refractivity contribution in [1.29, 1.82) is 0 Å². The molecule has 0 spiro atoms. The van der Waals surface area contributed by atoms with Crippen LogP contribution >= 0.6 is 12.4 Å². The van der Waals surface area contributed by atoms with Gasteiger partial charge in [0, 0.05) is 18.0 Å². The van der Waals surface area contributed by atoms with Gasteiger partial charge in [0.2, 0.25) is 12.7 Å². The predicted molar refractivity (Wildman–Crippen MR) is 83.6 cm³/mol. The van der Waals surface area contributed by atoms with Gasteiger partial charge in [-0.3, -0.25) is 4.79 Å². The van der Waals surface area contributed by atoms with Gasteiger partial charge in [-0.1, -0.05) is 0 Å². The van der Waals surface area contributed by atoms with E-state index in [0.29, 0.717) is 24.7 Å². The number of halogens is 1. The lowest BCUT2D eigenvalue weighted by atomic mass is 10.1. The Labute approximate surface area is 135 Å². The summed E-state index contributed by atoms with van der Waals surface area (Å²) in [5, 5.41) is 2.89. The molecule has 7 heteroatoms. The Kier molecular flexibility index (Phi) is 5.74. The van der Waals surface area contributed by atoms with E-state index in [4.69, 9.17) is 19.9 Å². The predicted octanol–water partition coefficient (Wildman–Crippen LogP) is 1.46. The van der Waals surface area contributed by atoms with Gasteiger partial charge in [-0.2, -0.15) is 0 Å². The van der Waals surface area contributed by atoms with Crippen LogP contribution in [0.25, 0.3) is 0 Å². The molecule has 3 N–H and O–H groups in total. The van der Waals surface area contributed by atoms with Crippen molar-refractivity contribution in [2.45, 2.75) is 25.3 Å². The highest BCUT2D eigenvalue weighted by atomic mass is 35.5. The van der Waals surface area contributed by atoms with Crippen LogP contribution in [0.2, 0.25) is 0 Å². The molecule has 1 fully saturated rings. The molecule has 122 valence electrons. The van der Waals surface area contributed by atoms with Crippen molar-refractivity contribution < 1.29 is 19.0 Å². The fourth-order valence-electron chi connectivity index (χ4n) is 2.71. The van der Waals surface area contributed by atoms with E-state index in [1.165, 1.54) is 0 Å². The first-order valence-corrected chi connectivity index (χ1v) is 7.28. The van der Waals surface area contributed by atoms with E-state index in [0.717, 1.165) is 25.0 Å². The largest absolute Gasteiger partial charge is 0.492 e. The van der Waals surface area contributed by atoms with E-state index in [-0.39, 0.29) is 37.1 Å². The van der Waals surface area contributed by atoms with Crippen LogP contribution in [0.1, 0.15) is 19.3 Å². The second kappa shape index (κ2) is 7.56. The number of hydrogen-bond acceptors (Lipinski definition) is 5. The molecule has 0 bridgehead atoms. The highest BCUT2D eigenvalue weighted by molar-refractivity contribution is 5.85. The number of fused-ring (bicyclic) bond motifs is 1. The van der Waals surface area contributed by atoms with Crippen LogP contribution in [0.4, 0.5) is 0 Å². The van der Waals surface area contributed by atoms with Crippen LogP contribution in [-0.4, -0.2) is 31.9 Å². The Balaban J connectivity index is 0.00000176. The van der Waals surface area contributed by atoms with E-state index < -0.39 is 0 Å². The number of carbonyl (C=O) groups excluding carboxylic acids is 1. The van der Waals surface area contributed by atoms with E-state index in [1.54, 1.807) is 6.07 Å². The molecule has 0 radical (unpaired) electrons. The number of hydrogen-bond donors (Lipinski definition) is 2. The van der Waals surface area contributed by atoms with Crippen molar-refractivity contribution >= 4 is 18.3 Å². The maximum Gasteiger partial charge on any atom is 0.231 e. The number of nitrogens with two attached hydrogens (primary N) is 1. The summed E-state index contributed by atoms with van der Waals surface area (Å²) >= 11 is 0. The third-order valence-electron chi connectivity index (χ3n) is 3.86. The number of rotatable bonds is 5. The molecule has 6 nitrogen and oxygen atoms in total. The van der Waals surface area contributed by atoms with Crippen molar-refractivity contribution in [3.63, 3.8) is 0 Å². The minimum Gasteiger partial charge on any atom is -0.492 e. The number of carbonyl (C=O) groups is 1. The van der Waals surface area contributed by atoms with Gasteiger partial charge < -0.3 is 25.3 Å². The minimum absolute atomic E-state index is 0. The molecule has 1 heterocycles. The fraction of sp³-hybridized carbons (Fsp3) is 0.533. The summed E-state index contributed by atoms with van der Waals surface area (Å²) in [5.74, 6) is 2.27. The lowest BCUT2D eigenvalue weighted by molar-refractivity contribution is -0.124. The van der Waals surface area contributed by atoms with Crippen LogP contribution in [0.3, 0.4) is 0 Å². The van der Waals surface area contributed by atoms with Gasteiger partial charge in [-0.05, 0) is 31.4 Å². The smallest absolute Gasteiger partial charge is 0.231 e. The Morgan fingerprint density at radius 1 is 1.32 bits per heavy atom. The fourth-order valence-corrected chi connectivity index (χ4v) is 2.71. The highest BCUT2D eigenvalue weighted by Gasteiger charge is 2.27. The first-order valence-electron chi connectivity index (χ1n) is 7.28. The number of ether oxygens (including phenoxy) is 3. The molecule has 1 amide bonds. The van der Waals surface area contributed by atoms with Gasteiger partial charge in [0.05, 0.1) is 6.54 Å². The summed E-state index contributed by atoms with van der Waals surface area (Å²) in [6.45, 7) is 1.15. The van der Waals surface area contributed by atoms with E-state index >= 15 is 0 Å². The maximum atomic E-state index is 11.9. The van der Waals surface area contributed by atoms with E-state index in [9.17, 15) is 4.79 Å². The normalized spacial score (nSPS) is 22.0. The summed E-state index contributed by atoms with van der Waals surface area (Å²) in [6, 6.07) is 5.60. The molecule has 1 aromatic rings. The van der Waals surface area contributed by atoms with Gasteiger partial charge in [0.1, 0.15) is 12.4 Å². The highest BCUT2D eigenvalue weighted by Crippen LogP contribution is 2.35. The second-order valence-corrected chi connectivity index (χ2v) is 5.42. The monoisotopic (exact) mass is 328 g/mol. The number of benzene rings is 1. The first-order chi connectivity index (χ1) is 10.2. The molecule has 1 aliphatic carbocycles. The van der Waals surface area contributed by atoms with Crippen molar-refractivity contribution in [3.05, 3.63) is 18.2 Å². The van der Waals surface area contributed by atoms with Crippen molar-refractivity contribution in [3.8, 4) is 17.2 Å². The SMILES string of the molecule is Cl.NC1CCC(C(=O)NCCOc2ccc3c(c2)OCO3)C1. The Morgan fingerprint density at radius 3 is 2.91 bits per heavy atom. The Bertz CT molecular complexity index is 526. The average molecular weight is 329 g/mol. The zero-order valence-corrected chi connectivity index (χ0v) is 13.1. The molecule has 3 rings (SSSR count). The molecule has 0 saturated heterocycles. The Morgan fingerprint density at radius 2 is 2.14 bits per heavy atom. The summed E-state index contributed by atoms with van der Waals surface area (Å²) in [5.41, 5.74) is 5.81. The lowest BCUT2D eigenvalue weighted by Crippen LogP contribution is -2.33. The van der Waals surface area contributed by atoms with E-state index in [1.807, 2.05) is 12.1 Å². The van der Waals surface area contributed by atoms with Crippen molar-refractivity contribution in [2.75, 3.05) is 19.9 Å². The molecular formula is C15H21ClN2O4. The third-order valence-corrected chi connectivity index (χ3v) is 3.86. The van der Waals surface area contributed by atoms with Gasteiger partial charge >= 0.3 is 0 Å². The van der Waals surface area contributed by atoms with E-state index in [2.05, 4.69) is 5.32 Å². The standard InChI is InChI=1S/C15H20N2O4.ClH/c16-11-2-1-10(7-11)15(18)17-5-6-19-12-3-4-13-14(8-12)21-9-20-13;/h3-4,8,10-11H,1-2,5-7,9,16H2,(H,17,18);1H. The first kappa shape index (κ1) is 16.7. The van der Waals surface area contributed by atoms with Crippen LogP contribution in [-0.2, 0) is 4.79 Å². The van der Waals surface area contributed by atoms with Gasteiger partial charge in [0.15, 0.2) is 11.5 Å². The van der Waals surface area contributed by atoms with Gasteiger partial charge in [-0.25, -0.2) is 0 Å². The molecule has 22 heavy (non-hydrogen) atoms. The van der Waals surface area contributed by atoms with Crippen molar-refractivity contribution in [2.24, 2.45) is 11.7 Å². The lowest BCUT2D eigenvalue weighted by Gasteiger charge is -2.11. The molecule has 1 aliphatic heterocycles. The number of amides is 1. The molecule has 2 aliphatic rings.